The summed E-state index contributed by atoms with van der Waals surface area (Å²) in [6, 6.07) is 25.2. The van der Waals surface area contributed by atoms with E-state index < -0.39 is 5.82 Å². The van der Waals surface area contributed by atoms with Gasteiger partial charge in [-0.3, -0.25) is 0 Å². The molecule has 1 aliphatic heterocycles. The molecule has 0 bridgehead atoms. The molecule has 4 aromatic rings. The van der Waals surface area contributed by atoms with Gasteiger partial charge in [-0.2, -0.15) is 0 Å². The third kappa shape index (κ3) is 3.96. The molecule has 6 heteroatoms. The van der Waals surface area contributed by atoms with Crippen molar-refractivity contribution in [1.82, 2.24) is 9.47 Å². The first-order valence-corrected chi connectivity index (χ1v) is 11.0. The van der Waals surface area contributed by atoms with Gasteiger partial charge in [0.25, 0.3) is 0 Å². The number of fused-ring (bicyclic) bond motifs is 3. The summed E-state index contributed by atoms with van der Waals surface area (Å²) in [5.41, 5.74) is 4.07. The van der Waals surface area contributed by atoms with Gasteiger partial charge in [0.1, 0.15) is 11.6 Å². The molecule has 0 spiro atoms. The number of nitrogens with zero attached hydrogens (tertiary/aromatic N) is 2. The number of nitrogens with one attached hydrogen (secondary N) is 1. The zero-order valence-electron chi connectivity index (χ0n) is 18.2. The van der Waals surface area contributed by atoms with Crippen LogP contribution in [0.5, 0.6) is 5.75 Å². The second-order valence-electron chi connectivity index (χ2n) is 7.87. The number of para-hydroxylation sites is 2. The van der Waals surface area contributed by atoms with Crippen LogP contribution in [0.15, 0.2) is 91.1 Å². The van der Waals surface area contributed by atoms with Crippen LogP contribution in [0, 0.1) is 5.82 Å². The number of carbonyl (C=O) groups is 1. The fourth-order valence-electron chi connectivity index (χ4n) is 4.35. The van der Waals surface area contributed by atoms with Crippen molar-refractivity contribution in [3.8, 4) is 11.4 Å². The van der Waals surface area contributed by atoms with E-state index in [9.17, 15) is 9.18 Å². The van der Waals surface area contributed by atoms with Crippen molar-refractivity contribution in [2.45, 2.75) is 19.5 Å². The predicted octanol–water partition coefficient (Wildman–Crippen LogP) is 6.15. The van der Waals surface area contributed by atoms with Crippen molar-refractivity contribution in [3.05, 3.63) is 114 Å². The zero-order chi connectivity index (χ0) is 22.8. The molecule has 1 aromatic heterocycles. The molecule has 0 fully saturated rings. The van der Waals surface area contributed by atoms with E-state index in [0.29, 0.717) is 13.2 Å². The Morgan fingerprint density at radius 2 is 1.76 bits per heavy atom. The molecular weight excluding hydrogens is 417 g/mol. The van der Waals surface area contributed by atoms with Gasteiger partial charge in [0.15, 0.2) is 0 Å². The van der Waals surface area contributed by atoms with Crippen molar-refractivity contribution in [2.75, 3.05) is 11.9 Å². The summed E-state index contributed by atoms with van der Waals surface area (Å²) < 4.78 is 22.0. The van der Waals surface area contributed by atoms with Crippen LogP contribution < -0.4 is 10.1 Å². The minimum Gasteiger partial charge on any atom is -0.494 e. The van der Waals surface area contributed by atoms with Gasteiger partial charge < -0.3 is 19.5 Å². The number of hydrogen-bond acceptors (Lipinski definition) is 2. The number of rotatable bonds is 4. The van der Waals surface area contributed by atoms with E-state index in [1.165, 1.54) is 6.07 Å². The molecule has 0 aliphatic carbocycles. The zero-order valence-corrected chi connectivity index (χ0v) is 18.2. The monoisotopic (exact) mass is 441 g/mol. The first kappa shape index (κ1) is 20.8. The molecule has 33 heavy (non-hydrogen) atoms. The highest BCUT2D eigenvalue weighted by molar-refractivity contribution is 5.90. The van der Waals surface area contributed by atoms with Gasteiger partial charge in [-0.25, -0.2) is 9.18 Å². The Hall–Kier alpha value is -4.06. The van der Waals surface area contributed by atoms with Crippen LogP contribution in [0.3, 0.4) is 0 Å². The number of anilines is 1. The minimum atomic E-state index is -0.470. The number of ether oxygens (including phenoxy) is 1. The third-order valence-electron chi connectivity index (χ3n) is 5.85. The standard InChI is InChI=1S/C27H24FN3O2/c1-2-33-21-15-13-19(14-16-21)26-25-12-7-17-30(25)24-11-6-3-8-20(24)18-31(26)27(32)29-23-10-5-4-9-22(23)28/h3-17,26H,2,18H2,1H3,(H,29,32)/t26-/m0/s1. The number of amides is 2. The molecule has 0 saturated heterocycles. The van der Waals surface area contributed by atoms with Gasteiger partial charge in [0, 0.05) is 11.9 Å². The van der Waals surface area contributed by atoms with Crippen molar-refractivity contribution in [2.24, 2.45) is 0 Å². The molecule has 0 saturated carbocycles. The molecule has 0 radical (unpaired) electrons. The highest BCUT2D eigenvalue weighted by Crippen LogP contribution is 2.37. The highest BCUT2D eigenvalue weighted by Gasteiger charge is 2.33. The van der Waals surface area contributed by atoms with Crippen LogP contribution in [0.25, 0.3) is 5.69 Å². The normalized spacial score (nSPS) is 14.7. The maximum atomic E-state index is 14.3. The van der Waals surface area contributed by atoms with E-state index >= 15 is 0 Å². The highest BCUT2D eigenvalue weighted by atomic mass is 19.1. The van der Waals surface area contributed by atoms with E-state index in [4.69, 9.17) is 4.74 Å². The van der Waals surface area contributed by atoms with Crippen LogP contribution >= 0.6 is 0 Å². The second-order valence-corrected chi connectivity index (χ2v) is 7.87. The molecule has 3 aromatic carbocycles. The number of aromatic nitrogens is 1. The smallest absolute Gasteiger partial charge is 0.323 e. The molecule has 166 valence electrons. The van der Waals surface area contributed by atoms with Gasteiger partial charge in [-0.1, -0.05) is 42.5 Å². The largest absolute Gasteiger partial charge is 0.494 e. The van der Waals surface area contributed by atoms with Crippen molar-refractivity contribution < 1.29 is 13.9 Å². The molecule has 2 amide bonds. The Morgan fingerprint density at radius 1 is 1.00 bits per heavy atom. The summed E-state index contributed by atoms with van der Waals surface area (Å²) in [4.78, 5) is 15.3. The SMILES string of the molecule is CCOc1ccc([C@H]2c3cccn3-c3ccccc3CN2C(=O)Nc2ccccc2F)cc1. The van der Waals surface area contributed by atoms with Crippen molar-refractivity contribution >= 4 is 11.7 Å². The Balaban J connectivity index is 1.61. The van der Waals surface area contributed by atoms with Gasteiger partial charge in [0.2, 0.25) is 0 Å². The average Bonchev–Trinajstić information content (AvgIpc) is 3.26. The van der Waals surface area contributed by atoms with E-state index in [-0.39, 0.29) is 17.8 Å². The summed E-state index contributed by atoms with van der Waals surface area (Å²) in [6.45, 7) is 2.90. The summed E-state index contributed by atoms with van der Waals surface area (Å²) in [7, 11) is 0. The lowest BCUT2D eigenvalue weighted by molar-refractivity contribution is 0.194. The summed E-state index contributed by atoms with van der Waals surface area (Å²) in [5.74, 6) is 0.304. The van der Waals surface area contributed by atoms with E-state index in [1.807, 2.05) is 73.8 Å². The molecular formula is C27H24FN3O2. The average molecular weight is 442 g/mol. The predicted molar refractivity (Wildman–Crippen MR) is 126 cm³/mol. The Labute approximate surface area is 192 Å². The Kier molecular flexibility index (Phi) is 5.57. The van der Waals surface area contributed by atoms with E-state index in [0.717, 1.165) is 28.3 Å². The maximum Gasteiger partial charge on any atom is 0.323 e. The molecule has 2 heterocycles. The van der Waals surface area contributed by atoms with Gasteiger partial charge in [-0.15, -0.1) is 0 Å². The topological polar surface area (TPSA) is 46.5 Å². The fraction of sp³-hybridized carbons (Fsp3) is 0.148. The van der Waals surface area contributed by atoms with E-state index in [2.05, 4.69) is 9.88 Å². The molecule has 5 nitrogen and oxygen atoms in total. The van der Waals surface area contributed by atoms with Crippen LogP contribution in [0.2, 0.25) is 0 Å². The lowest BCUT2D eigenvalue weighted by Crippen LogP contribution is -2.38. The van der Waals surface area contributed by atoms with Crippen LogP contribution in [-0.4, -0.2) is 22.1 Å². The van der Waals surface area contributed by atoms with Gasteiger partial charge >= 0.3 is 6.03 Å². The van der Waals surface area contributed by atoms with Gasteiger partial charge in [0.05, 0.1) is 30.6 Å². The lowest BCUT2D eigenvalue weighted by Gasteiger charge is -2.31. The quantitative estimate of drug-likeness (QED) is 0.413. The number of benzene rings is 3. The Morgan fingerprint density at radius 3 is 2.55 bits per heavy atom. The number of hydrogen-bond donors (Lipinski definition) is 1. The molecule has 1 N–H and O–H groups in total. The van der Waals surface area contributed by atoms with Crippen LogP contribution in [-0.2, 0) is 6.54 Å². The molecule has 1 atom stereocenters. The minimum absolute atomic E-state index is 0.154. The fourth-order valence-corrected chi connectivity index (χ4v) is 4.35. The van der Waals surface area contributed by atoms with E-state index in [1.54, 1.807) is 23.1 Å². The van der Waals surface area contributed by atoms with Crippen molar-refractivity contribution in [1.29, 1.82) is 0 Å². The summed E-state index contributed by atoms with van der Waals surface area (Å²) >= 11 is 0. The van der Waals surface area contributed by atoms with Gasteiger partial charge in [-0.05, 0) is 60.5 Å². The first-order valence-electron chi connectivity index (χ1n) is 11.0. The first-order chi connectivity index (χ1) is 16.2. The molecule has 5 rings (SSSR count). The summed E-state index contributed by atoms with van der Waals surface area (Å²) in [5, 5.41) is 2.77. The maximum absolute atomic E-state index is 14.3. The Bertz CT molecular complexity index is 1280. The molecule has 0 unspecified atom stereocenters. The molecule has 1 aliphatic rings. The van der Waals surface area contributed by atoms with Crippen molar-refractivity contribution in [3.63, 3.8) is 0 Å². The number of carbonyl (C=O) groups excluding carboxylic acids is 1. The summed E-state index contributed by atoms with van der Waals surface area (Å²) in [6.07, 6.45) is 2.01. The number of halogens is 1. The van der Waals surface area contributed by atoms with Crippen LogP contribution in [0.1, 0.15) is 29.8 Å². The third-order valence-corrected chi connectivity index (χ3v) is 5.85. The number of urea groups is 1. The lowest BCUT2D eigenvalue weighted by atomic mass is 10.0. The second kappa shape index (κ2) is 8.82. The van der Waals surface area contributed by atoms with Crippen LogP contribution in [0.4, 0.5) is 14.9 Å².